The van der Waals surface area contributed by atoms with E-state index in [-0.39, 0.29) is 11.7 Å². The van der Waals surface area contributed by atoms with E-state index >= 15 is 0 Å². The highest BCUT2D eigenvalue weighted by Crippen LogP contribution is 2.36. The Kier molecular flexibility index (Phi) is 5.74. The molecule has 0 saturated carbocycles. The summed E-state index contributed by atoms with van der Waals surface area (Å²) in [5.41, 5.74) is 1.82. The van der Waals surface area contributed by atoms with Gasteiger partial charge in [-0.1, -0.05) is 61.3 Å². The highest BCUT2D eigenvalue weighted by atomic mass is 35.5. The average molecular weight is 369 g/mol. The van der Waals surface area contributed by atoms with Gasteiger partial charge in [-0.05, 0) is 24.1 Å². The van der Waals surface area contributed by atoms with Gasteiger partial charge in [0.05, 0.1) is 6.04 Å². The van der Waals surface area contributed by atoms with Crippen LogP contribution in [0.3, 0.4) is 0 Å². The van der Waals surface area contributed by atoms with Crippen LogP contribution in [0.25, 0.3) is 10.9 Å². The van der Waals surface area contributed by atoms with E-state index in [0.29, 0.717) is 22.5 Å². The number of benzene rings is 2. The number of amides is 1. The SMILES string of the molecule is CCCCC(=O)N[C@H](c1ccccc1Cl)c1ccc2cccnc2c1O. The number of halogens is 1. The molecule has 2 N–H and O–H groups in total. The number of aromatic hydroxyl groups is 1. The molecule has 1 heterocycles. The molecule has 134 valence electrons. The predicted molar refractivity (Wildman–Crippen MR) is 104 cm³/mol. The van der Waals surface area contributed by atoms with Gasteiger partial charge < -0.3 is 10.4 Å². The lowest BCUT2D eigenvalue weighted by molar-refractivity contribution is -0.121. The number of hydrogen-bond donors (Lipinski definition) is 2. The topological polar surface area (TPSA) is 62.2 Å². The second kappa shape index (κ2) is 8.19. The molecule has 1 amide bonds. The van der Waals surface area contributed by atoms with Crippen LogP contribution in [-0.2, 0) is 4.79 Å². The third-order valence-corrected chi connectivity index (χ3v) is 4.71. The number of fused-ring (bicyclic) bond motifs is 1. The molecule has 0 aliphatic carbocycles. The summed E-state index contributed by atoms with van der Waals surface area (Å²) in [7, 11) is 0. The lowest BCUT2D eigenvalue weighted by Gasteiger charge is -2.22. The smallest absolute Gasteiger partial charge is 0.220 e. The Morgan fingerprint density at radius 1 is 1.15 bits per heavy atom. The number of phenolic OH excluding ortho intramolecular Hbond substituents is 1. The molecule has 0 radical (unpaired) electrons. The van der Waals surface area contributed by atoms with Crippen LogP contribution in [0.2, 0.25) is 5.02 Å². The van der Waals surface area contributed by atoms with Crippen molar-refractivity contribution in [2.24, 2.45) is 0 Å². The summed E-state index contributed by atoms with van der Waals surface area (Å²) in [6, 6.07) is 14.2. The van der Waals surface area contributed by atoms with Gasteiger partial charge >= 0.3 is 0 Å². The summed E-state index contributed by atoms with van der Waals surface area (Å²) in [6.45, 7) is 2.04. The fourth-order valence-electron chi connectivity index (χ4n) is 2.98. The maximum absolute atomic E-state index is 12.4. The van der Waals surface area contributed by atoms with E-state index in [0.717, 1.165) is 23.8 Å². The summed E-state index contributed by atoms with van der Waals surface area (Å²) >= 11 is 6.38. The highest BCUT2D eigenvalue weighted by molar-refractivity contribution is 6.31. The number of pyridine rings is 1. The Labute approximate surface area is 157 Å². The lowest BCUT2D eigenvalue weighted by Crippen LogP contribution is -2.29. The minimum absolute atomic E-state index is 0.0591. The molecule has 0 unspecified atom stereocenters. The van der Waals surface area contributed by atoms with Crippen molar-refractivity contribution in [3.63, 3.8) is 0 Å². The first-order valence-corrected chi connectivity index (χ1v) is 9.10. The summed E-state index contributed by atoms with van der Waals surface area (Å²) in [4.78, 5) is 16.7. The van der Waals surface area contributed by atoms with E-state index in [4.69, 9.17) is 11.6 Å². The van der Waals surface area contributed by atoms with Crippen LogP contribution in [0.4, 0.5) is 0 Å². The Morgan fingerprint density at radius 2 is 1.96 bits per heavy atom. The van der Waals surface area contributed by atoms with Crippen LogP contribution in [0, 0.1) is 0 Å². The molecule has 1 atom stereocenters. The molecule has 0 saturated heterocycles. The average Bonchev–Trinajstić information content (AvgIpc) is 2.66. The fourth-order valence-corrected chi connectivity index (χ4v) is 3.23. The maximum atomic E-state index is 12.4. The molecular formula is C21H21ClN2O2. The van der Waals surface area contributed by atoms with Gasteiger partial charge in [0.1, 0.15) is 11.3 Å². The lowest BCUT2D eigenvalue weighted by atomic mass is 9.96. The third kappa shape index (κ3) is 3.81. The highest BCUT2D eigenvalue weighted by Gasteiger charge is 2.23. The fraction of sp³-hybridized carbons (Fsp3) is 0.238. The van der Waals surface area contributed by atoms with Crippen LogP contribution in [0.1, 0.15) is 43.4 Å². The Balaban J connectivity index is 2.07. The normalized spacial score (nSPS) is 12.1. The molecule has 3 rings (SSSR count). The van der Waals surface area contributed by atoms with Gasteiger partial charge in [-0.3, -0.25) is 9.78 Å². The molecule has 0 fully saturated rings. The molecule has 0 aliphatic rings. The molecule has 2 aromatic carbocycles. The number of nitrogens with one attached hydrogen (secondary N) is 1. The number of phenols is 1. The summed E-state index contributed by atoms with van der Waals surface area (Å²) in [5.74, 6) is -0.0129. The summed E-state index contributed by atoms with van der Waals surface area (Å²) in [6.07, 6.45) is 3.82. The molecule has 5 heteroatoms. The van der Waals surface area contributed by atoms with Crippen molar-refractivity contribution in [2.45, 2.75) is 32.2 Å². The molecule has 3 aromatic rings. The Hall–Kier alpha value is -2.59. The Morgan fingerprint density at radius 3 is 2.73 bits per heavy atom. The van der Waals surface area contributed by atoms with Gasteiger partial charge in [0.15, 0.2) is 0 Å². The van der Waals surface area contributed by atoms with Crippen molar-refractivity contribution in [1.82, 2.24) is 10.3 Å². The standard InChI is InChI=1S/C21H21ClN2O2/c1-2-3-10-18(25)24-20(15-8-4-5-9-17(15)22)16-12-11-14-7-6-13-23-19(14)21(16)26/h4-9,11-13,20,26H,2-3,10H2,1H3,(H,24,25)/t20-/m1/s1. The van der Waals surface area contributed by atoms with Crippen molar-refractivity contribution in [1.29, 1.82) is 0 Å². The van der Waals surface area contributed by atoms with E-state index in [1.54, 1.807) is 12.3 Å². The summed E-state index contributed by atoms with van der Waals surface area (Å²) in [5, 5.41) is 15.2. The first-order chi connectivity index (χ1) is 12.6. The van der Waals surface area contributed by atoms with Crippen molar-refractivity contribution < 1.29 is 9.90 Å². The molecule has 0 spiro atoms. The van der Waals surface area contributed by atoms with E-state index in [9.17, 15) is 9.90 Å². The maximum Gasteiger partial charge on any atom is 0.220 e. The van der Waals surface area contributed by atoms with Gasteiger partial charge in [-0.25, -0.2) is 0 Å². The Bertz CT molecular complexity index is 927. The van der Waals surface area contributed by atoms with Crippen LogP contribution < -0.4 is 5.32 Å². The van der Waals surface area contributed by atoms with Crippen molar-refractivity contribution >= 4 is 28.4 Å². The number of carbonyl (C=O) groups is 1. The monoisotopic (exact) mass is 368 g/mol. The minimum atomic E-state index is -0.542. The number of carbonyl (C=O) groups excluding carboxylic acids is 1. The van der Waals surface area contributed by atoms with Crippen LogP contribution in [0.15, 0.2) is 54.7 Å². The second-order valence-electron chi connectivity index (χ2n) is 6.20. The van der Waals surface area contributed by atoms with E-state index in [2.05, 4.69) is 10.3 Å². The quantitative estimate of drug-likeness (QED) is 0.644. The molecule has 0 aliphatic heterocycles. The minimum Gasteiger partial charge on any atom is -0.505 e. The zero-order valence-electron chi connectivity index (χ0n) is 14.6. The molecular weight excluding hydrogens is 348 g/mol. The first kappa shape index (κ1) is 18.2. The molecule has 0 bridgehead atoms. The van der Waals surface area contributed by atoms with Crippen molar-refractivity contribution in [3.05, 3.63) is 70.9 Å². The summed E-state index contributed by atoms with van der Waals surface area (Å²) < 4.78 is 0. The first-order valence-electron chi connectivity index (χ1n) is 8.72. The largest absolute Gasteiger partial charge is 0.505 e. The van der Waals surface area contributed by atoms with Crippen LogP contribution in [-0.4, -0.2) is 16.0 Å². The number of aromatic nitrogens is 1. The third-order valence-electron chi connectivity index (χ3n) is 4.37. The van der Waals surface area contributed by atoms with Crippen LogP contribution >= 0.6 is 11.6 Å². The zero-order valence-corrected chi connectivity index (χ0v) is 15.3. The van der Waals surface area contributed by atoms with E-state index in [1.165, 1.54) is 0 Å². The molecule has 1 aromatic heterocycles. The van der Waals surface area contributed by atoms with Crippen molar-refractivity contribution in [3.8, 4) is 5.75 Å². The predicted octanol–water partition coefficient (Wildman–Crippen LogP) is 4.99. The van der Waals surface area contributed by atoms with E-state index in [1.807, 2.05) is 49.4 Å². The number of nitrogens with zero attached hydrogens (tertiary/aromatic N) is 1. The number of hydrogen-bond acceptors (Lipinski definition) is 3. The molecule has 26 heavy (non-hydrogen) atoms. The van der Waals surface area contributed by atoms with Gasteiger partial charge in [0.2, 0.25) is 5.91 Å². The van der Waals surface area contributed by atoms with Gasteiger partial charge in [-0.15, -0.1) is 0 Å². The van der Waals surface area contributed by atoms with Gasteiger partial charge in [0, 0.05) is 28.6 Å². The number of rotatable bonds is 6. The zero-order chi connectivity index (χ0) is 18.5. The number of unbranched alkanes of at least 4 members (excludes halogenated alkanes) is 1. The van der Waals surface area contributed by atoms with Gasteiger partial charge in [-0.2, -0.15) is 0 Å². The van der Waals surface area contributed by atoms with Gasteiger partial charge in [0.25, 0.3) is 0 Å². The van der Waals surface area contributed by atoms with Crippen LogP contribution in [0.5, 0.6) is 5.75 Å². The van der Waals surface area contributed by atoms with E-state index < -0.39 is 6.04 Å². The second-order valence-corrected chi connectivity index (χ2v) is 6.61. The van der Waals surface area contributed by atoms with Crippen molar-refractivity contribution in [2.75, 3.05) is 0 Å². The molecule has 4 nitrogen and oxygen atoms in total.